The average Bonchev–Trinajstić information content (AvgIpc) is 2.47. The molecule has 0 fully saturated rings. The van der Waals surface area contributed by atoms with Crippen LogP contribution in [0.3, 0.4) is 0 Å². The van der Waals surface area contributed by atoms with E-state index in [2.05, 4.69) is 37.3 Å². The molecule has 2 aromatic carbocycles. The fraction of sp³-hybridized carbons (Fsp3) is 0.222. The van der Waals surface area contributed by atoms with Crippen molar-refractivity contribution in [2.24, 2.45) is 0 Å². The Kier molecular flexibility index (Phi) is 4.83. The minimum atomic E-state index is 0.890. The Morgan fingerprint density at radius 1 is 0.900 bits per heavy atom. The molecule has 0 unspecified atom stereocenters. The molecule has 0 N–H and O–H groups in total. The molecule has 0 radical (unpaired) electrons. The first kappa shape index (κ1) is 14.2. The van der Waals surface area contributed by atoms with Gasteiger partial charge in [0.25, 0.3) is 0 Å². The van der Waals surface area contributed by atoms with Crippen LogP contribution < -0.4 is 9.47 Å². The summed E-state index contributed by atoms with van der Waals surface area (Å²) >= 11 is 0. The van der Waals surface area contributed by atoms with Crippen LogP contribution in [-0.2, 0) is 6.42 Å². The van der Waals surface area contributed by atoms with Crippen LogP contribution in [0.1, 0.15) is 16.7 Å². The molecular weight excluding hydrogens is 248 g/mol. The summed E-state index contributed by atoms with van der Waals surface area (Å²) in [5.74, 6) is 1.79. The van der Waals surface area contributed by atoms with E-state index in [1.54, 1.807) is 14.2 Å². The van der Waals surface area contributed by atoms with Gasteiger partial charge in [0.1, 0.15) is 11.5 Å². The summed E-state index contributed by atoms with van der Waals surface area (Å²) < 4.78 is 10.4. The zero-order valence-electron chi connectivity index (χ0n) is 12.2. The van der Waals surface area contributed by atoms with Gasteiger partial charge >= 0.3 is 0 Å². The van der Waals surface area contributed by atoms with Crippen LogP contribution in [0.2, 0.25) is 0 Å². The van der Waals surface area contributed by atoms with Crippen LogP contribution in [0, 0.1) is 6.92 Å². The van der Waals surface area contributed by atoms with E-state index in [4.69, 9.17) is 9.47 Å². The topological polar surface area (TPSA) is 18.5 Å². The normalized spacial score (nSPS) is 10.8. The molecule has 0 aliphatic carbocycles. The van der Waals surface area contributed by atoms with Crippen molar-refractivity contribution in [3.8, 4) is 11.5 Å². The van der Waals surface area contributed by atoms with Gasteiger partial charge in [-0.3, -0.25) is 0 Å². The maximum Gasteiger partial charge on any atom is 0.119 e. The standard InChI is InChI=1S/C18H20O2/c1-14-11-16(13-18(12-14)20-3)6-4-5-15-7-9-17(19-2)10-8-15/h4,6-13H,5H2,1-3H3/b6-4+. The van der Waals surface area contributed by atoms with E-state index in [0.29, 0.717) is 0 Å². The first-order chi connectivity index (χ1) is 9.71. The van der Waals surface area contributed by atoms with Crippen molar-refractivity contribution in [3.05, 3.63) is 65.2 Å². The maximum absolute atomic E-state index is 5.28. The monoisotopic (exact) mass is 268 g/mol. The molecule has 0 heterocycles. The molecule has 0 aliphatic heterocycles. The number of allylic oxidation sites excluding steroid dienone is 1. The summed E-state index contributed by atoms with van der Waals surface area (Å²) in [5.41, 5.74) is 3.63. The second-order valence-electron chi connectivity index (χ2n) is 4.74. The summed E-state index contributed by atoms with van der Waals surface area (Å²) in [6.07, 6.45) is 5.19. The average molecular weight is 268 g/mol. The lowest BCUT2D eigenvalue weighted by Crippen LogP contribution is -1.86. The fourth-order valence-corrected chi connectivity index (χ4v) is 2.08. The number of benzene rings is 2. The molecule has 0 amide bonds. The van der Waals surface area contributed by atoms with Gasteiger partial charge in [0.05, 0.1) is 14.2 Å². The Balaban J connectivity index is 2.03. The van der Waals surface area contributed by atoms with E-state index in [-0.39, 0.29) is 0 Å². The minimum Gasteiger partial charge on any atom is -0.497 e. The van der Waals surface area contributed by atoms with Crippen molar-refractivity contribution in [2.45, 2.75) is 13.3 Å². The smallest absolute Gasteiger partial charge is 0.119 e. The highest BCUT2D eigenvalue weighted by Gasteiger charge is 1.96. The third-order valence-corrected chi connectivity index (χ3v) is 3.13. The Labute approximate surface area is 120 Å². The Hall–Kier alpha value is -2.22. The zero-order valence-corrected chi connectivity index (χ0v) is 12.2. The summed E-state index contributed by atoms with van der Waals surface area (Å²) in [4.78, 5) is 0. The Morgan fingerprint density at radius 3 is 2.25 bits per heavy atom. The predicted molar refractivity (Wildman–Crippen MR) is 83.5 cm³/mol. The second kappa shape index (κ2) is 6.80. The van der Waals surface area contributed by atoms with E-state index < -0.39 is 0 Å². The lowest BCUT2D eigenvalue weighted by molar-refractivity contribution is 0.414. The van der Waals surface area contributed by atoms with Gasteiger partial charge in [-0.25, -0.2) is 0 Å². The van der Waals surface area contributed by atoms with Crippen LogP contribution >= 0.6 is 0 Å². The van der Waals surface area contributed by atoms with Crippen LogP contribution in [0.25, 0.3) is 6.08 Å². The quantitative estimate of drug-likeness (QED) is 0.806. The molecule has 2 heteroatoms. The summed E-state index contributed by atoms with van der Waals surface area (Å²) in [6, 6.07) is 14.4. The number of aryl methyl sites for hydroxylation is 1. The number of methoxy groups -OCH3 is 2. The summed E-state index contributed by atoms with van der Waals surface area (Å²) in [6.45, 7) is 2.07. The number of ether oxygens (including phenoxy) is 2. The molecule has 0 spiro atoms. The SMILES string of the molecule is COc1ccc(C/C=C/c2cc(C)cc(OC)c2)cc1. The van der Waals surface area contributed by atoms with Crippen LogP contribution in [-0.4, -0.2) is 14.2 Å². The molecule has 0 bridgehead atoms. The third-order valence-electron chi connectivity index (χ3n) is 3.13. The maximum atomic E-state index is 5.28. The Bertz CT molecular complexity index is 583. The molecule has 2 aromatic rings. The molecule has 2 rings (SSSR count). The molecule has 104 valence electrons. The van der Waals surface area contributed by atoms with Gasteiger partial charge in [-0.15, -0.1) is 0 Å². The van der Waals surface area contributed by atoms with E-state index >= 15 is 0 Å². The van der Waals surface area contributed by atoms with Gasteiger partial charge in [0.2, 0.25) is 0 Å². The van der Waals surface area contributed by atoms with Gasteiger partial charge in [-0.2, -0.15) is 0 Å². The first-order valence-corrected chi connectivity index (χ1v) is 6.66. The molecule has 0 saturated carbocycles. The van der Waals surface area contributed by atoms with Crippen molar-refractivity contribution in [3.63, 3.8) is 0 Å². The van der Waals surface area contributed by atoms with Crippen molar-refractivity contribution in [2.75, 3.05) is 14.2 Å². The van der Waals surface area contributed by atoms with E-state index in [1.807, 2.05) is 24.3 Å². The molecule has 0 atom stereocenters. The lowest BCUT2D eigenvalue weighted by atomic mass is 10.1. The van der Waals surface area contributed by atoms with E-state index in [0.717, 1.165) is 23.5 Å². The highest BCUT2D eigenvalue weighted by Crippen LogP contribution is 2.18. The Morgan fingerprint density at radius 2 is 1.60 bits per heavy atom. The van der Waals surface area contributed by atoms with Crippen molar-refractivity contribution < 1.29 is 9.47 Å². The lowest BCUT2D eigenvalue weighted by Gasteiger charge is -2.03. The highest BCUT2D eigenvalue weighted by atomic mass is 16.5. The number of hydrogen-bond acceptors (Lipinski definition) is 2. The van der Waals surface area contributed by atoms with Crippen LogP contribution in [0.4, 0.5) is 0 Å². The number of hydrogen-bond donors (Lipinski definition) is 0. The van der Waals surface area contributed by atoms with Gasteiger partial charge < -0.3 is 9.47 Å². The van der Waals surface area contributed by atoms with Crippen LogP contribution in [0.15, 0.2) is 48.5 Å². The largest absolute Gasteiger partial charge is 0.497 e. The molecule has 0 aliphatic rings. The predicted octanol–water partition coefficient (Wildman–Crippen LogP) is 4.27. The van der Waals surface area contributed by atoms with E-state index in [9.17, 15) is 0 Å². The van der Waals surface area contributed by atoms with E-state index in [1.165, 1.54) is 11.1 Å². The van der Waals surface area contributed by atoms with Crippen molar-refractivity contribution in [1.29, 1.82) is 0 Å². The second-order valence-corrected chi connectivity index (χ2v) is 4.74. The third kappa shape index (κ3) is 3.89. The van der Waals surface area contributed by atoms with Crippen molar-refractivity contribution in [1.82, 2.24) is 0 Å². The molecule has 2 nitrogen and oxygen atoms in total. The van der Waals surface area contributed by atoms with Gasteiger partial charge in [-0.1, -0.05) is 30.4 Å². The first-order valence-electron chi connectivity index (χ1n) is 6.66. The van der Waals surface area contributed by atoms with Gasteiger partial charge in [0.15, 0.2) is 0 Å². The molecular formula is C18H20O2. The van der Waals surface area contributed by atoms with Gasteiger partial charge in [0, 0.05) is 0 Å². The summed E-state index contributed by atoms with van der Waals surface area (Å²) in [5, 5.41) is 0. The molecule has 20 heavy (non-hydrogen) atoms. The summed E-state index contributed by atoms with van der Waals surface area (Å²) in [7, 11) is 3.37. The van der Waals surface area contributed by atoms with Crippen molar-refractivity contribution >= 4 is 6.08 Å². The zero-order chi connectivity index (χ0) is 14.4. The minimum absolute atomic E-state index is 0.890. The van der Waals surface area contributed by atoms with Crippen LogP contribution in [0.5, 0.6) is 11.5 Å². The van der Waals surface area contributed by atoms with Gasteiger partial charge in [-0.05, 0) is 54.3 Å². The fourth-order valence-electron chi connectivity index (χ4n) is 2.08. The highest BCUT2D eigenvalue weighted by molar-refractivity contribution is 5.54. The molecule has 0 aromatic heterocycles. The number of rotatable bonds is 5. The molecule has 0 saturated heterocycles.